The maximum absolute atomic E-state index is 11.7. The van der Waals surface area contributed by atoms with Gasteiger partial charge >= 0.3 is 0 Å². The summed E-state index contributed by atoms with van der Waals surface area (Å²) in [6.07, 6.45) is 6.05. The molecule has 2 heteroatoms. The Labute approximate surface area is 76.8 Å². The normalized spacial score (nSPS) is 15.1. The van der Waals surface area contributed by atoms with Crippen molar-refractivity contribution >= 4 is 11.6 Å². The monoisotopic (exact) mass is 175 g/mol. The van der Waals surface area contributed by atoms with Crippen molar-refractivity contribution in [3.63, 3.8) is 0 Å². The fourth-order valence-electron chi connectivity index (χ4n) is 1.81. The second kappa shape index (κ2) is 2.87. The molecule has 2 nitrogen and oxygen atoms in total. The Kier molecular flexibility index (Phi) is 1.83. The van der Waals surface area contributed by atoms with E-state index in [0.29, 0.717) is 0 Å². The van der Waals surface area contributed by atoms with E-state index < -0.39 is 0 Å². The van der Waals surface area contributed by atoms with E-state index in [9.17, 15) is 4.79 Å². The molecule has 13 heavy (non-hydrogen) atoms. The summed E-state index contributed by atoms with van der Waals surface area (Å²) in [6.45, 7) is 2.05. The van der Waals surface area contributed by atoms with E-state index in [4.69, 9.17) is 0 Å². The van der Waals surface area contributed by atoms with Gasteiger partial charge in [0.25, 0.3) is 5.56 Å². The molecule has 0 saturated carbocycles. The number of nitrogens with zero attached hydrogens (tertiary/aromatic N) is 1. The van der Waals surface area contributed by atoms with E-state index in [0.717, 1.165) is 23.3 Å². The van der Waals surface area contributed by atoms with Gasteiger partial charge in [0, 0.05) is 18.5 Å². The highest BCUT2D eigenvalue weighted by atomic mass is 16.1. The van der Waals surface area contributed by atoms with Crippen LogP contribution in [-0.4, -0.2) is 4.57 Å². The van der Waals surface area contributed by atoms with Crippen LogP contribution in [0.15, 0.2) is 17.1 Å². The number of hydrogen-bond donors (Lipinski definition) is 0. The first-order valence-electron chi connectivity index (χ1n) is 4.56. The molecule has 0 saturated heterocycles. The van der Waals surface area contributed by atoms with Gasteiger partial charge in [0.2, 0.25) is 0 Å². The van der Waals surface area contributed by atoms with Crippen molar-refractivity contribution in [2.75, 3.05) is 0 Å². The number of pyridine rings is 1. The summed E-state index contributed by atoms with van der Waals surface area (Å²) < 4.78 is 1.64. The molecule has 0 bridgehead atoms. The molecule has 0 spiro atoms. The van der Waals surface area contributed by atoms with Crippen molar-refractivity contribution in [1.82, 2.24) is 4.57 Å². The average Bonchev–Trinajstić information content (AvgIpc) is 2.12. The van der Waals surface area contributed by atoms with Crippen LogP contribution in [0.5, 0.6) is 0 Å². The van der Waals surface area contributed by atoms with Gasteiger partial charge in [-0.25, -0.2) is 0 Å². The molecule has 1 aromatic heterocycles. The Morgan fingerprint density at radius 1 is 1.46 bits per heavy atom. The third kappa shape index (κ3) is 1.22. The fourth-order valence-corrected chi connectivity index (χ4v) is 1.81. The van der Waals surface area contributed by atoms with Crippen LogP contribution in [0.3, 0.4) is 0 Å². The highest BCUT2D eigenvalue weighted by molar-refractivity contribution is 5.48. The standard InChI is InChI=1S/C11H13NO/c1-8-4-3-5-9-6-7-12(2)11(13)10(8)9/h5-7H,3-4H2,1-2H3. The Bertz CT molecular complexity index is 508. The van der Waals surface area contributed by atoms with Gasteiger partial charge in [0.05, 0.1) is 0 Å². The van der Waals surface area contributed by atoms with E-state index in [2.05, 4.69) is 6.08 Å². The molecule has 0 fully saturated rings. The molecule has 0 atom stereocenters. The van der Waals surface area contributed by atoms with Crippen molar-refractivity contribution in [3.8, 4) is 0 Å². The minimum atomic E-state index is 0.131. The maximum atomic E-state index is 11.7. The number of rotatable bonds is 0. The van der Waals surface area contributed by atoms with E-state index in [-0.39, 0.29) is 5.56 Å². The topological polar surface area (TPSA) is 22.0 Å². The van der Waals surface area contributed by atoms with Gasteiger partial charge < -0.3 is 4.57 Å². The molecule has 1 aromatic rings. The number of hydrogen-bond acceptors (Lipinski definition) is 1. The van der Waals surface area contributed by atoms with Gasteiger partial charge in [-0.2, -0.15) is 0 Å². The molecule has 2 rings (SSSR count). The molecular weight excluding hydrogens is 162 g/mol. The van der Waals surface area contributed by atoms with Gasteiger partial charge in [-0.15, -0.1) is 0 Å². The quantitative estimate of drug-likeness (QED) is 0.549. The smallest absolute Gasteiger partial charge is 0.258 e. The average molecular weight is 175 g/mol. The predicted molar refractivity (Wildman–Crippen MR) is 53.7 cm³/mol. The molecule has 1 heterocycles. The van der Waals surface area contributed by atoms with E-state index in [1.54, 1.807) is 11.6 Å². The maximum Gasteiger partial charge on any atom is 0.258 e. The largest absolute Gasteiger partial charge is 0.318 e. The van der Waals surface area contributed by atoms with Gasteiger partial charge in [-0.3, -0.25) is 4.79 Å². The molecule has 0 aliphatic heterocycles. The van der Waals surface area contributed by atoms with E-state index in [1.807, 2.05) is 19.2 Å². The Balaban J connectivity index is 3.06. The Morgan fingerprint density at radius 3 is 3.00 bits per heavy atom. The summed E-state index contributed by atoms with van der Waals surface area (Å²) in [5.41, 5.74) is 1.35. The zero-order valence-corrected chi connectivity index (χ0v) is 8.00. The summed E-state index contributed by atoms with van der Waals surface area (Å²) in [7, 11) is 1.80. The summed E-state index contributed by atoms with van der Waals surface area (Å²) in [5, 5.41) is 2.02. The summed E-state index contributed by atoms with van der Waals surface area (Å²) in [6, 6.07) is 2.01. The lowest BCUT2D eigenvalue weighted by molar-refractivity contribution is 0.839. The zero-order chi connectivity index (χ0) is 9.42. The fraction of sp³-hybridized carbons (Fsp3) is 0.364. The third-order valence-corrected chi connectivity index (χ3v) is 2.61. The Morgan fingerprint density at radius 2 is 2.23 bits per heavy atom. The van der Waals surface area contributed by atoms with Crippen LogP contribution in [0.25, 0.3) is 11.6 Å². The van der Waals surface area contributed by atoms with Crippen molar-refractivity contribution in [1.29, 1.82) is 0 Å². The lowest BCUT2D eigenvalue weighted by atomic mass is 10.0. The summed E-state index contributed by atoms with van der Waals surface area (Å²) in [5.74, 6) is 0. The van der Waals surface area contributed by atoms with Crippen LogP contribution in [0.4, 0.5) is 0 Å². The molecule has 0 unspecified atom stereocenters. The molecule has 0 amide bonds. The van der Waals surface area contributed by atoms with Gasteiger partial charge in [0.1, 0.15) is 0 Å². The Hall–Kier alpha value is -1.31. The van der Waals surface area contributed by atoms with Gasteiger partial charge in [-0.1, -0.05) is 11.6 Å². The van der Waals surface area contributed by atoms with Crippen LogP contribution in [0.1, 0.15) is 19.8 Å². The molecule has 68 valence electrons. The van der Waals surface area contributed by atoms with Crippen LogP contribution in [0.2, 0.25) is 0 Å². The number of aryl methyl sites for hydroxylation is 1. The molecule has 1 aliphatic rings. The number of aromatic nitrogens is 1. The van der Waals surface area contributed by atoms with Crippen LogP contribution >= 0.6 is 0 Å². The second-order valence-corrected chi connectivity index (χ2v) is 3.59. The molecule has 0 aromatic carbocycles. The van der Waals surface area contributed by atoms with E-state index in [1.165, 1.54) is 5.57 Å². The number of fused-ring (bicyclic) bond motifs is 1. The zero-order valence-electron chi connectivity index (χ0n) is 8.00. The molecule has 0 radical (unpaired) electrons. The first-order chi connectivity index (χ1) is 6.20. The minimum absolute atomic E-state index is 0.131. The van der Waals surface area contributed by atoms with Crippen LogP contribution in [-0.2, 0) is 7.05 Å². The van der Waals surface area contributed by atoms with Crippen LogP contribution in [0, 0.1) is 0 Å². The lowest BCUT2D eigenvalue weighted by Crippen LogP contribution is -2.45. The first-order valence-corrected chi connectivity index (χ1v) is 4.56. The van der Waals surface area contributed by atoms with Crippen molar-refractivity contribution in [3.05, 3.63) is 33.1 Å². The van der Waals surface area contributed by atoms with Crippen molar-refractivity contribution < 1.29 is 0 Å². The third-order valence-electron chi connectivity index (χ3n) is 2.61. The van der Waals surface area contributed by atoms with Crippen molar-refractivity contribution in [2.24, 2.45) is 7.05 Å². The molecule has 0 N–H and O–H groups in total. The molecule has 1 aliphatic carbocycles. The molecular formula is C11H13NO. The van der Waals surface area contributed by atoms with Crippen molar-refractivity contribution in [2.45, 2.75) is 19.8 Å². The second-order valence-electron chi connectivity index (χ2n) is 3.59. The lowest BCUT2D eigenvalue weighted by Gasteiger charge is -2.06. The SMILES string of the molecule is CC1=c2c(ccn(C)c2=O)=CCC1. The van der Waals surface area contributed by atoms with Gasteiger partial charge in [0.15, 0.2) is 0 Å². The van der Waals surface area contributed by atoms with Crippen LogP contribution < -0.4 is 16.0 Å². The predicted octanol–water partition coefficient (Wildman–Crippen LogP) is 0.130. The summed E-state index contributed by atoms with van der Waals surface area (Å²) >= 11 is 0. The van der Waals surface area contributed by atoms with Gasteiger partial charge in [-0.05, 0) is 31.1 Å². The first kappa shape index (κ1) is 8.30. The minimum Gasteiger partial charge on any atom is -0.318 e. The summed E-state index contributed by atoms with van der Waals surface area (Å²) in [4.78, 5) is 11.7. The van der Waals surface area contributed by atoms with E-state index >= 15 is 0 Å². The highest BCUT2D eigenvalue weighted by Gasteiger charge is 2.03. The highest BCUT2D eigenvalue weighted by Crippen LogP contribution is 2.04.